The van der Waals surface area contributed by atoms with Gasteiger partial charge in [0.25, 0.3) is 0 Å². The van der Waals surface area contributed by atoms with Gasteiger partial charge in [-0.25, -0.2) is 8.42 Å². The molecule has 0 unspecified atom stereocenters. The van der Waals surface area contributed by atoms with E-state index in [0.717, 1.165) is 11.6 Å². The summed E-state index contributed by atoms with van der Waals surface area (Å²) in [6, 6.07) is 10.6. The van der Waals surface area contributed by atoms with Crippen molar-refractivity contribution in [3.63, 3.8) is 0 Å². The van der Waals surface area contributed by atoms with Crippen molar-refractivity contribution in [3.8, 4) is 11.3 Å². The number of benzene rings is 1. The lowest BCUT2D eigenvalue weighted by Gasteiger charge is -2.24. The molecule has 2 aromatic heterocycles. The Morgan fingerprint density at radius 2 is 1.69 bits per heavy atom. The number of sulfone groups is 1. The van der Waals surface area contributed by atoms with E-state index in [1.165, 1.54) is 18.5 Å². The molecule has 32 heavy (non-hydrogen) atoms. The fourth-order valence-corrected chi connectivity index (χ4v) is 4.38. The molecule has 0 aliphatic carbocycles. The number of nitrogens with one attached hydrogen (secondary N) is 1. The van der Waals surface area contributed by atoms with Crippen molar-refractivity contribution < 1.29 is 26.4 Å². The van der Waals surface area contributed by atoms with Crippen LogP contribution in [0.2, 0.25) is 0 Å². The minimum atomic E-state index is -4.71. The Morgan fingerprint density at radius 1 is 1.06 bits per heavy atom. The molecule has 0 aliphatic heterocycles. The Bertz CT molecular complexity index is 1250. The van der Waals surface area contributed by atoms with Crippen LogP contribution in [-0.2, 0) is 27.9 Å². The molecule has 2 heterocycles. The molecular weight excluding hydrogens is 445 g/mol. The molecule has 0 saturated heterocycles. The number of aromatic nitrogens is 3. The number of rotatable bonds is 5. The first-order valence-corrected chi connectivity index (χ1v) is 10.9. The van der Waals surface area contributed by atoms with Crippen LogP contribution < -0.4 is 5.32 Å². The topological polar surface area (TPSA) is 94.0 Å². The molecule has 0 spiro atoms. The highest BCUT2D eigenvalue weighted by Crippen LogP contribution is 2.32. The first kappa shape index (κ1) is 23.5. The molecule has 3 rings (SSSR count). The van der Waals surface area contributed by atoms with Crippen molar-refractivity contribution >= 4 is 21.6 Å². The lowest BCUT2D eigenvalue weighted by atomic mass is 10.1. The van der Waals surface area contributed by atoms with Gasteiger partial charge in [-0.15, -0.1) is 0 Å². The van der Waals surface area contributed by atoms with E-state index in [-0.39, 0.29) is 0 Å². The summed E-state index contributed by atoms with van der Waals surface area (Å²) >= 11 is 0. The molecule has 0 bridgehead atoms. The highest BCUT2D eigenvalue weighted by Gasteiger charge is 2.44. The zero-order valence-corrected chi connectivity index (χ0v) is 18.5. The summed E-state index contributed by atoms with van der Waals surface area (Å²) in [6.07, 6.45) is -4.10. The van der Waals surface area contributed by atoms with E-state index in [4.69, 9.17) is 0 Å². The van der Waals surface area contributed by atoms with Crippen LogP contribution in [0.4, 0.5) is 19.0 Å². The summed E-state index contributed by atoms with van der Waals surface area (Å²) in [5.41, 5.74) is 0.855. The number of pyridine rings is 1. The average molecular weight is 466 g/mol. The molecule has 3 aromatic rings. The first-order valence-electron chi connectivity index (χ1n) is 9.45. The van der Waals surface area contributed by atoms with Crippen molar-refractivity contribution in [2.75, 3.05) is 5.32 Å². The summed E-state index contributed by atoms with van der Waals surface area (Å²) < 4.78 is 63.7. The van der Waals surface area contributed by atoms with Crippen LogP contribution in [0.3, 0.4) is 0 Å². The van der Waals surface area contributed by atoms with Gasteiger partial charge < -0.3 is 5.32 Å². The van der Waals surface area contributed by atoms with Crippen molar-refractivity contribution in [1.29, 1.82) is 0 Å². The largest absolute Gasteiger partial charge is 0.433 e. The summed E-state index contributed by atoms with van der Waals surface area (Å²) in [5.74, 6) is -0.550. The SMILES string of the molecule is Cc1c(-c2ccccc2)nn(C)c1NC(=O)C(C)(C)S(=O)(=O)c1ccc(C(F)(F)F)nc1. The highest BCUT2D eigenvalue weighted by atomic mass is 32.2. The lowest BCUT2D eigenvalue weighted by Crippen LogP contribution is -2.45. The minimum Gasteiger partial charge on any atom is -0.309 e. The summed E-state index contributed by atoms with van der Waals surface area (Å²) in [5, 5.41) is 7.01. The van der Waals surface area contributed by atoms with E-state index in [1.54, 1.807) is 14.0 Å². The molecule has 170 valence electrons. The second kappa shape index (κ2) is 8.05. The maximum absolute atomic E-state index is 13.0. The Balaban J connectivity index is 1.91. The molecule has 11 heteroatoms. The molecule has 0 aliphatic rings. The van der Waals surface area contributed by atoms with Crippen molar-refractivity contribution in [2.45, 2.75) is 36.6 Å². The third kappa shape index (κ3) is 4.12. The van der Waals surface area contributed by atoms with Gasteiger partial charge >= 0.3 is 6.18 Å². The number of hydrogen-bond donors (Lipinski definition) is 1. The van der Waals surface area contributed by atoms with Gasteiger partial charge in [0, 0.05) is 24.4 Å². The van der Waals surface area contributed by atoms with Gasteiger partial charge in [0.05, 0.1) is 10.6 Å². The molecule has 1 amide bonds. The second-order valence-electron chi connectivity index (χ2n) is 7.66. The number of aryl methyl sites for hydroxylation is 1. The molecular formula is C21H21F3N4O3S. The van der Waals surface area contributed by atoms with E-state index >= 15 is 0 Å². The fraction of sp³-hybridized carbons (Fsp3) is 0.286. The van der Waals surface area contributed by atoms with Crippen LogP contribution in [0.5, 0.6) is 0 Å². The van der Waals surface area contributed by atoms with Crippen molar-refractivity contribution in [1.82, 2.24) is 14.8 Å². The van der Waals surface area contributed by atoms with E-state index < -0.39 is 37.3 Å². The smallest absolute Gasteiger partial charge is 0.309 e. The second-order valence-corrected chi connectivity index (χ2v) is 10.2. The predicted molar refractivity (Wildman–Crippen MR) is 113 cm³/mol. The van der Waals surface area contributed by atoms with Gasteiger partial charge in [0.2, 0.25) is 5.91 Å². The van der Waals surface area contributed by atoms with Crippen LogP contribution >= 0.6 is 0 Å². The quantitative estimate of drug-likeness (QED) is 0.614. The average Bonchev–Trinajstić information content (AvgIpc) is 3.02. The number of alkyl halides is 3. The zero-order chi connectivity index (χ0) is 23.9. The molecule has 1 N–H and O–H groups in total. The zero-order valence-electron chi connectivity index (χ0n) is 17.7. The Morgan fingerprint density at radius 3 is 2.22 bits per heavy atom. The van der Waals surface area contributed by atoms with Gasteiger partial charge in [-0.05, 0) is 32.9 Å². The fourth-order valence-electron chi connectivity index (χ4n) is 3.06. The van der Waals surface area contributed by atoms with Crippen LogP contribution in [0.25, 0.3) is 11.3 Å². The number of hydrogen-bond acceptors (Lipinski definition) is 5. The third-order valence-electron chi connectivity index (χ3n) is 5.12. The number of nitrogens with zero attached hydrogens (tertiary/aromatic N) is 3. The van der Waals surface area contributed by atoms with Gasteiger partial charge in [-0.1, -0.05) is 30.3 Å². The normalized spacial score (nSPS) is 12.6. The number of carbonyl (C=O) groups excluding carboxylic acids is 1. The van der Waals surface area contributed by atoms with Crippen molar-refractivity contribution in [3.05, 3.63) is 59.9 Å². The molecule has 0 fully saturated rings. The van der Waals surface area contributed by atoms with Crippen LogP contribution in [0.1, 0.15) is 25.1 Å². The highest BCUT2D eigenvalue weighted by molar-refractivity contribution is 7.93. The minimum absolute atomic E-state index is 0.308. The van der Waals surface area contributed by atoms with Gasteiger partial charge in [-0.3, -0.25) is 14.5 Å². The third-order valence-corrected chi connectivity index (χ3v) is 7.51. The lowest BCUT2D eigenvalue weighted by molar-refractivity contribution is -0.141. The summed E-state index contributed by atoms with van der Waals surface area (Å²) in [7, 11) is -2.76. The van der Waals surface area contributed by atoms with Gasteiger partial charge in [-0.2, -0.15) is 18.3 Å². The van der Waals surface area contributed by atoms with E-state index in [0.29, 0.717) is 29.3 Å². The number of anilines is 1. The van der Waals surface area contributed by atoms with Gasteiger partial charge in [0.15, 0.2) is 9.84 Å². The number of amides is 1. The molecule has 0 atom stereocenters. The van der Waals surface area contributed by atoms with Crippen molar-refractivity contribution in [2.24, 2.45) is 7.05 Å². The maximum atomic E-state index is 13.0. The Hall–Kier alpha value is -3.21. The maximum Gasteiger partial charge on any atom is 0.433 e. The molecule has 1 aromatic carbocycles. The Labute approximate surface area is 183 Å². The van der Waals surface area contributed by atoms with E-state index in [1.807, 2.05) is 30.3 Å². The predicted octanol–water partition coefficient (Wildman–Crippen LogP) is 4.00. The van der Waals surface area contributed by atoms with E-state index in [9.17, 15) is 26.4 Å². The van der Waals surface area contributed by atoms with Gasteiger partial charge in [0.1, 0.15) is 16.3 Å². The van der Waals surface area contributed by atoms with Crippen LogP contribution in [-0.4, -0.2) is 33.8 Å². The molecule has 0 radical (unpaired) electrons. The summed E-state index contributed by atoms with van der Waals surface area (Å²) in [6.45, 7) is 4.10. The standard InChI is InChI=1S/C21H21F3N4O3S/c1-13-17(14-8-6-5-7-9-14)27-28(4)18(13)26-19(29)20(2,3)32(30,31)15-10-11-16(25-12-15)21(22,23)24/h5-12H,1-4H3,(H,26,29). The number of halogens is 3. The monoisotopic (exact) mass is 466 g/mol. The molecule has 0 saturated carbocycles. The number of carbonyl (C=O) groups is 1. The summed E-state index contributed by atoms with van der Waals surface area (Å²) in [4.78, 5) is 15.7. The Kier molecular flexibility index (Phi) is 5.90. The molecule has 7 nitrogen and oxygen atoms in total. The van der Waals surface area contributed by atoms with Crippen LogP contribution in [0.15, 0.2) is 53.6 Å². The van der Waals surface area contributed by atoms with Crippen LogP contribution in [0, 0.1) is 6.92 Å². The first-order chi connectivity index (χ1) is 14.8. The van der Waals surface area contributed by atoms with E-state index in [2.05, 4.69) is 15.4 Å².